The van der Waals surface area contributed by atoms with Crippen LogP contribution in [0, 0.1) is 5.92 Å². The first-order valence-electron chi connectivity index (χ1n) is 5.55. The summed E-state index contributed by atoms with van der Waals surface area (Å²) in [6.07, 6.45) is 4.04. The highest BCUT2D eigenvalue weighted by atomic mass is 32.2. The Morgan fingerprint density at radius 1 is 1.56 bits per heavy atom. The number of aromatic amines is 1. The van der Waals surface area contributed by atoms with E-state index in [1.165, 1.54) is 24.3 Å². The van der Waals surface area contributed by atoms with Crippen LogP contribution in [0.15, 0.2) is 12.3 Å². The Labute approximate surface area is 99.4 Å². The minimum Gasteiger partial charge on any atom is -0.397 e. The molecule has 1 aromatic rings. The molecule has 88 valence electrons. The van der Waals surface area contributed by atoms with Gasteiger partial charge in [-0.15, -0.1) is 0 Å². The Morgan fingerprint density at radius 3 is 2.94 bits per heavy atom. The van der Waals surface area contributed by atoms with Gasteiger partial charge in [-0.25, -0.2) is 0 Å². The predicted octanol–water partition coefficient (Wildman–Crippen LogP) is 1.47. The number of aromatic nitrogens is 1. The zero-order chi connectivity index (χ0) is 11.4. The molecule has 0 aromatic carbocycles. The SMILES string of the molecule is Nc1c[nH]c(C(=O)NCC2CCSCC2)c1. The Balaban J connectivity index is 1.79. The summed E-state index contributed by atoms with van der Waals surface area (Å²) in [4.78, 5) is 14.5. The second-order valence-corrected chi connectivity index (χ2v) is 5.34. The van der Waals surface area contributed by atoms with Crippen molar-refractivity contribution in [2.45, 2.75) is 12.8 Å². The molecular weight excluding hydrogens is 222 g/mol. The number of rotatable bonds is 3. The maximum atomic E-state index is 11.7. The number of amides is 1. The highest BCUT2D eigenvalue weighted by Crippen LogP contribution is 2.21. The fraction of sp³-hybridized carbons (Fsp3) is 0.545. The van der Waals surface area contributed by atoms with Crippen molar-refractivity contribution in [3.8, 4) is 0 Å². The third-order valence-electron chi connectivity index (χ3n) is 2.84. The third kappa shape index (κ3) is 2.95. The number of nitrogens with two attached hydrogens (primary N) is 1. The Bertz CT molecular complexity index is 358. The summed E-state index contributed by atoms with van der Waals surface area (Å²) < 4.78 is 0. The van der Waals surface area contributed by atoms with Gasteiger partial charge in [0.15, 0.2) is 0 Å². The topological polar surface area (TPSA) is 70.9 Å². The maximum absolute atomic E-state index is 11.7. The lowest BCUT2D eigenvalue weighted by atomic mass is 10.0. The van der Waals surface area contributed by atoms with Gasteiger partial charge in [0.25, 0.3) is 5.91 Å². The average molecular weight is 239 g/mol. The third-order valence-corrected chi connectivity index (χ3v) is 3.89. The van der Waals surface area contributed by atoms with E-state index in [-0.39, 0.29) is 5.91 Å². The molecule has 1 aliphatic heterocycles. The van der Waals surface area contributed by atoms with Gasteiger partial charge in [0.2, 0.25) is 0 Å². The van der Waals surface area contributed by atoms with Crippen LogP contribution >= 0.6 is 11.8 Å². The second-order valence-electron chi connectivity index (χ2n) is 4.11. The van der Waals surface area contributed by atoms with E-state index in [0.717, 1.165) is 6.54 Å². The normalized spacial score (nSPS) is 17.2. The summed E-state index contributed by atoms with van der Waals surface area (Å²) in [6.45, 7) is 0.776. The largest absolute Gasteiger partial charge is 0.397 e. The first kappa shape index (κ1) is 11.4. The number of hydrogen-bond donors (Lipinski definition) is 3. The van der Waals surface area contributed by atoms with Gasteiger partial charge in [0.05, 0.1) is 0 Å². The van der Waals surface area contributed by atoms with Crippen LogP contribution in [0.2, 0.25) is 0 Å². The van der Waals surface area contributed by atoms with Crippen LogP contribution < -0.4 is 11.1 Å². The van der Waals surface area contributed by atoms with Gasteiger partial charge in [0, 0.05) is 18.4 Å². The van der Waals surface area contributed by atoms with Crippen molar-refractivity contribution >= 4 is 23.4 Å². The number of nitrogens with one attached hydrogen (secondary N) is 2. The van der Waals surface area contributed by atoms with Gasteiger partial charge < -0.3 is 16.0 Å². The molecule has 5 heteroatoms. The van der Waals surface area contributed by atoms with Crippen LogP contribution in [0.3, 0.4) is 0 Å². The molecule has 1 saturated heterocycles. The van der Waals surface area contributed by atoms with E-state index in [9.17, 15) is 4.79 Å². The second kappa shape index (κ2) is 5.30. The molecule has 0 saturated carbocycles. The van der Waals surface area contributed by atoms with E-state index in [4.69, 9.17) is 5.73 Å². The summed E-state index contributed by atoms with van der Waals surface area (Å²) in [7, 11) is 0. The smallest absolute Gasteiger partial charge is 0.267 e. The lowest BCUT2D eigenvalue weighted by Gasteiger charge is -2.21. The van der Waals surface area contributed by atoms with Crippen LogP contribution in [0.1, 0.15) is 23.3 Å². The number of H-pyrrole nitrogens is 1. The molecule has 0 radical (unpaired) electrons. The van der Waals surface area contributed by atoms with Crippen LogP contribution in [0.4, 0.5) is 5.69 Å². The molecule has 0 unspecified atom stereocenters. The summed E-state index contributed by atoms with van der Waals surface area (Å²) in [6, 6.07) is 1.66. The molecule has 0 spiro atoms. The molecular formula is C11H17N3OS. The van der Waals surface area contributed by atoms with Crippen molar-refractivity contribution in [3.63, 3.8) is 0 Å². The Hall–Kier alpha value is -1.10. The van der Waals surface area contributed by atoms with Crippen molar-refractivity contribution in [3.05, 3.63) is 18.0 Å². The Morgan fingerprint density at radius 2 is 2.31 bits per heavy atom. The molecule has 1 aliphatic rings. The van der Waals surface area contributed by atoms with Crippen LogP contribution in [0.5, 0.6) is 0 Å². The van der Waals surface area contributed by atoms with E-state index < -0.39 is 0 Å². The van der Waals surface area contributed by atoms with Crippen LogP contribution in [-0.2, 0) is 0 Å². The number of thioether (sulfide) groups is 1. The van der Waals surface area contributed by atoms with E-state index in [0.29, 0.717) is 17.3 Å². The standard InChI is InChI=1S/C11H17N3OS/c12-9-5-10(13-7-9)11(15)14-6-8-1-3-16-4-2-8/h5,7-8,13H,1-4,6,12H2,(H,14,15). The van der Waals surface area contributed by atoms with Crippen molar-refractivity contribution < 1.29 is 4.79 Å². The number of anilines is 1. The molecule has 1 amide bonds. The van der Waals surface area contributed by atoms with Gasteiger partial charge in [-0.1, -0.05) is 0 Å². The average Bonchev–Trinajstić information content (AvgIpc) is 2.74. The highest BCUT2D eigenvalue weighted by molar-refractivity contribution is 7.99. The van der Waals surface area contributed by atoms with E-state index >= 15 is 0 Å². The van der Waals surface area contributed by atoms with E-state index in [2.05, 4.69) is 10.3 Å². The quantitative estimate of drug-likeness (QED) is 0.748. The van der Waals surface area contributed by atoms with Crippen molar-refractivity contribution in [2.24, 2.45) is 5.92 Å². The Kier molecular flexibility index (Phi) is 3.77. The number of nitrogen functional groups attached to an aromatic ring is 1. The van der Waals surface area contributed by atoms with E-state index in [1.807, 2.05) is 11.8 Å². The zero-order valence-corrected chi connectivity index (χ0v) is 9.98. The fourth-order valence-corrected chi connectivity index (χ4v) is 3.03. The number of hydrogen-bond acceptors (Lipinski definition) is 3. The van der Waals surface area contributed by atoms with Crippen LogP contribution in [0.25, 0.3) is 0 Å². The lowest BCUT2D eigenvalue weighted by molar-refractivity contribution is 0.0942. The molecule has 4 N–H and O–H groups in total. The molecule has 2 heterocycles. The molecule has 16 heavy (non-hydrogen) atoms. The summed E-state index contributed by atoms with van der Waals surface area (Å²) in [5.74, 6) is 3.01. The number of carbonyl (C=O) groups excluding carboxylic acids is 1. The van der Waals surface area contributed by atoms with Gasteiger partial charge in [-0.2, -0.15) is 11.8 Å². The fourth-order valence-electron chi connectivity index (χ4n) is 1.82. The first-order chi connectivity index (χ1) is 7.75. The molecule has 2 rings (SSSR count). The minimum atomic E-state index is -0.0603. The van der Waals surface area contributed by atoms with Gasteiger partial charge in [0.1, 0.15) is 5.69 Å². The molecule has 1 aromatic heterocycles. The lowest BCUT2D eigenvalue weighted by Crippen LogP contribution is -2.31. The molecule has 1 fully saturated rings. The van der Waals surface area contributed by atoms with Crippen LogP contribution in [-0.4, -0.2) is 28.9 Å². The summed E-state index contributed by atoms with van der Waals surface area (Å²) in [5, 5.41) is 2.95. The van der Waals surface area contributed by atoms with Gasteiger partial charge in [-0.3, -0.25) is 4.79 Å². The van der Waals surface area contributed by atoms with Crippen molar-refractivity contribution in [1.29, 1.82) is 0 Å². The number of carbonyl (C=O) groups is 1. The maximum Gasteiger partial charge on any atom is 0.267 e. The molecule has 4 nitrogen and oxygen atoms in total. The summed E-state index contributed by atoms with van der Waals surface area (Å²) >= 11 is 2.00. The van der Waals surface area contributed by atoms with Crippen molar-refractivity contribution in [1.82, 2.24) is 10.3 Å². The zero-order valence-electron chi connectivity index (χ0n) is 9.16. The molecule has 0 aliphatic carbocycles. The minimum absolute atomic E-state index is 0.0603. The highest BCUT2D eigenvalue weighted by Gasteiger charge is 2.15. The van der Waals surface area contributed by atoms with E-state index in [1.54, 1.807) is 12.3 Å². The molecule has 0 bridgehead atoms. The monoisotopic (exact) mass is 239 g/mol. The van der Waals surface area contributed by atoms with Crippen molar-refractivity contribution in [2.75, 3.05) is 23.8 Å². The predicted molar refractivity (Wildman–Crippen MR) is 67.6 cm³/mol. The first-order valence-corrected chi connectivity index (χ1v) is 6.71. The van der Waals surface area contributed by atoms with Gasteiger partial charge >= 0.3 is 0 Å². The molecule has 0 atom stereocenters. The summed E-state index contributed by atoms with van der Waals surface area (Å²) in [5.41, 5.74) is 6.68. The van der Waals surface area contributed by atoms with Gasteiger partial charge in [-0.05, 0) is 36.3 Å².